The van der Waals surface area contributed by atoms with Crippen LogP contribution >= 0.6 is 0 Å². The average Bonchev–Trinajstić information content (AvgIpc) is 2.35. The molecule has 1 aliphatic carbocycles. The zero-order valence-corrected chi connectivity index (χ0v) is 10.3. The number of rotatable bonds is 4. The van der Waals surface area contributed by atoms with Gasteiger partial charge < -0.3 is 10.1 Å². The van der Waals surface area contributed by atoms with Gasteiger partial charge in [0.15, 0.2) is 0 Å². The van der Waals surface area contributed by atoms with Gasteiger partial charge >= 0.3 is 6.03 Å². The van der Waals surface area contributed by atoms with E-state index in [1.807, 2.05) is 0 Å². The summed E-state index contributed by atoms with van der Waals surface area (Å²) in [5.41, 5.74) is 4.59. The van der Waals surface area contributed by atoms with E-state index in [-0.39, 0.29) is 24.6 Å². The summed E-state index contributed by atoms with van der Waals surface area (Å²) in [4.78, 5) is 22.5. The normalized spacial score (nSPS) is 16.3. The van der Waals surface area contributed by atoms with Gasteiger partial charge in [-0.15, -0.1) is 0 Å². The number of urea groups is 1. The van der Waals surface area contributed by atoms with E-state index in [1.165, 1.54) is 6.42 Å². The standard InChI is InChI=1S/C11H21N3O3/c1-2-17-8-10(15)13-14-11(16)12-9-6-4-3-5-7-9/h9H,2-8H2,1H3,(H,13,15)(H2,12,14,16). The van der Waals surface area contributed by atoms with E-state index in [2.05, 4.69) is 16.2 Å². The van der Waals surface area contributed by atoms with Gasteiger partial charge in [-0.3, -0.25) is 10.2 Å². The third-order valence-corrected chi connectivity index (χ3v) is 2.69. The fourth-order valence-corrected chi connectivity index (χ4v) is 1.83. The molecule has 0 aliphatic heterocycles. The molecule has 1 aliphatic rings. The molecule has 3 amide bonds. The molecular weight excluding hydrogens is 222 g/mol. The highest BCUT2D eigenvalue weighted by Gasteiger charge is 2.15. The second-order valence-corrected chi connectivity index (χ2v) is 4.12. The molecule has 0 heterocycles. The first-order chi connectivity index (χ1) is 8.22. The second-order valence-electron chi connectivity index (χ2n) is 4.12. The largest absolute Gasteiger partial charge is 0.372 e. The van der Waals surface area contributed by atoms with E-state index >= 15 is 0 Å². The molecule has 0 bridgehead atoms. The molecule has 17 heavy (non-hydrogen) atoms. The number of hydrogen-bond donors (Lipinski definition) is 3. The van der Waals surface area contributed by atoms with Crippen LogP contribution < -0.4 is 16.2 Å². The van der Waals surface area contributed by atoms with Crippen LogP contribution in [0.1, 0.15) is 39.0 Å². The van der Waals surface area contributed by atoms with Crippen LogP contribution in [0.25, 0.3) is 0 Å². The summed E-state index contributed by atoms with van der Waals surface area (Å²) in [6.45, 7) is 2.23. The fraction of sp³-hybridized carbons (Fsp3) is 0.818. The molecule has 98 valence electrons. The Hall–Kier alpha value is -1.30. The zero-order chi connectivity index (χ0) is 12.5. The van der Waals surface area contributed by atoms with Crippen molar-refractivity contribution < 1.29 is 14.3 Å². The van der Waals surface area contributed by atoms with Crippen LogP contribution in [-0.2, 0) is 9.53 Å². The first-order valence-corrected chi connectivity index (χ1v) is 6.15. The van der Waals surface area contributed by atoms with Crippen molar-refractivity contribution in [3.63, 3.8) is 0 Å². The van der Waals surface area contributed by atoms with Crippen molar-refractivity contribution in [2.75, 3.05) is 13.2 Å². The molecule has 3 N–H and O–H groups in total. The summed E-state index contributed by atoms with van der Waals surface area (Å²) in [6, 6.07) is -0.130. The molecule has 0 aromatic heterocycles. The summed E-state index contributed by atoms with van der Waals surface area (Å²) < 4.78 is 4.89. The van der Waals surface area contributed by atoms with Crippen LogP contribution in [0.15, 0.2) is 0 Å². The fourth-order valence-electron chi connectivity index (χ4n) is 1.83. The molecule has 0 aromatic carbocycles. The van der Waals surface area contributed by atoms with Crippen LogP contribution in [0.3, 0.4) is 0 Å². The minimum atomic E-state index is -0.359. The summed E-state index contributed by atoms with van der Waals surface area (Å²) in [5, 5.41) is 2.82. The van der Waals surface area contributed by atoms with Crippen LogP contribution in [-0.4, -0.2) is 31.2 Å². The molecule has 1 rings (SSSR count). The zero-order valence-electron chi connectivity index (χ0n) is 10.3. The van der Waals surface area contributed by atoms with E-state index < -0.39 is 0 Å². The van der Waals surface area contributed by atoms with Crippen molar-refractivity contribution in [3.05, 3.63) is 0 Å². The highest BCUT2D eigenvalue weighted by Crippen LogP contribution is 2.16. The lowest BCUT2D eigenvalue weighted by molar-refractivity contribution is -0.126. The van der Waals surface area contributed by atoms with Gasteiger partial charge in [0.2, 0.25) is 0 Å². The Morgan fingerprint density at radius 1 is 1.18 bits per heavy atom. The smallest absolute Gasteiger partial charge is 0.333 e. The molecule has 0 unspecified atom stereocenters. The van der Waals surface area contributed by atoms with E-state index in [4.69, 9.17) is 4.74 Å². The Morgan fingerprint density at radius 3 is 2.53 bits per heavy atom. The summed E-state index contributed by atoms with van der Waals surface area (Å²) >= 11 is 0. The third-order valence-electron chi connectivity index (χ3n) is 2.69. The highest BCUT2D eigenvalue weighted by molar-refractivity contribution is 5.81. The number of hydrogen-bond acceptors (Lipinski definition) is 3. The van der Waals surface area contributed by atoms with Crippen LogP contribution in [0, 0.1) is 0 Å². The monoisotopic (exact) mass is 243 g/mol. The SMILES string of the molecule is CCOCC(=O)NNC(=O)NC1CCCCC1. The Labute approximate surface area is 101 Å². The molecule has 0 saturated heterocycles. The first-order valence-electron chi connectivity index (χ1n) is 6.15. The minimum absolute atomic E-state index is 0.0415. The van der Waals surface area contributed by atoms with Crippen LogP contribution in [0.2, 0.25) is 0 Å². The van der Waals surface area contributed by atoms with Gasteiger partial charge in [0, 0.05) is 12.6 Å². The summed E-state index contributed by atoms with van der Waals surface area (Å²) in [5.74, 6) is -0.356. The number of nitrogens with one attached hydrogen (secondary N) is 3. The average molecular weight is 243 g/mol. The Kier molecular flexibility index (Phi) is 6.39. The van der Waals surface area contributed by atoms with Gasteiger partial charge in [-0.05, 0) is 19.8 Å². The number of amides is 3. The second kappa shape index (κ2) is 7.89. The number of hydrazine groups is 1. The van der Waals surface area contributed by atoms with Crippen molar-refractivity contribution in [3.8, 4) is 0 Å². The van der Waals surface area contributed by atoms with Crippen molar-refractivity contribution >= 4 is 11.9 Å². The predicted octanol–water partition coefficient (Wildman–Crippen LogP) is 0.686. The Bertz CT molecular complexity index is 252. The van der Waals surface area contributed by atoms with Gasteiger partial charge in [-0.25, -0.2) is 10.2 Å². The van der Waals surface area contributed by atoms with Gasteiger partial charge in [0.25, 0.3) is 5.91 Å². The lowest BCUT2D eigenvalue weighted by Gasteiger charge is -2.22. The quantitative estimate of drug-likeness (QED) is 0.635. The van der Waals surface area contributed by atoms with E-state index in [0.29, 0.717) is 6.61 Å². The van der Waals surface area contributed by atoms with Crippen molar-refractivity contribution in [1.82, 2.24) is 16.2 Å². The molecule has 0 aromatic rings. The number of carbonyl (C=O) groups excluding carboxylic acids is 2. The van der Waals surface area contributed by atoms with Crippen LogP contribution in [0.4, 0.5) is 4.79 Å². The number of ether oxygens (including phenoxy) is 1. The van der Waals surface area contributed by atoms with Crippen molar-refractivity contribution in [2.45, 2.75) is 45.1 Å². The van der Waals surface area contributed by atoms with E-state index in [9.17, 15) is 9.59 Å². The summed E-state index contributed by atoms with van der Waals surface area (Å²) in [7, 11) is 0. The highest BCUT2D eigenvalue weighted by atomic mass is 16.5. The Morgan fingerprint density at radius 2 is 1.88 bits per heavy atom. The number of carbonyl (C=O) groups is 2. The summed E-state index contributed by atoms with van der Waals surface area (Å²) in [6.07, 6.45) is 5.58. The van der Waals surface area contributed by atoms with E-state index in [0.717, 1.165) is 25.7 Å². The molecule has 1 fully saturated rings. The molecule has 6 nitrogen and oxygen atoms in total. The van der Waals surface area contributed by atoms with Gasteiger partial charge in [-0.2, -0.15) is 0 Å². The topological polar surface area (TPSA) is 79.5 Å². The lowest BCUT2D eigenvalue weighted by atomic mass is 9.96. The maximum Gasteiger partial charge on any atom is 0.333 e. The van der Waals surface area contributed by atoms with Crippen molar-refractivity contribution in [1.29, 1.82) is 0 Å². The molecule has 0 spiro atoms. The predicted molar refractivity (Wildman–Crippen MR) is 63.2 cm³/mol. The first kappa shape index (κ1) is 13.8. The molecule has 6 heteroatoms. The molecular formula is C11H21N3O3. The third kappa shape index (κ3) is 6.11. The lowest BCUT2D eigenvalue weighted by Crippen LogP contribution is -2.51. The van der Waals surface area contributed by atoms with Crippen LogP contribution in [0.5, 0.6) is 0 Å². The minimum Gasteiger partial charge on any atom is -0.372 e. The van der Waals surface area contributed by atoms with Gasteiger partial charge in [0.1, 0.15) is 6.61 Å². The van der Waals surface area contributed by atoms with Gasteiger partial charge in [0.05, 0.1) is 0 Å². The maximum atomic E-state index is 11.4. The molecule has 0 atom stereocenters. The molecule has 1 saturated carbocycles. The molecule has 0 radical (unpaired) electrons. The van der Waals surface area contributed by atoms with E-state index in [1.54, 1.807) is 6.92 Å². The Balaban J connectivity index is 2.09. The van der Waals surface area contributed by atoms with Gasteiger partial charge in [-0.1, -0.05) is 19.3 Å². The van der Waals surface area contributed by atoms with Crippen molar-refractivity contribution in [2.24, 2.45) is 0 Å². The maximum absolute atomic E-state index is 11.4.